The Kier molecular flexibility index (Phi) is 7.75. The Morgan fingerprint density at radius 1 is 1.17 bits per heavy atom. The predicted octanol–water partition coefficient (Wildman–Crippen LogP) is -0.257. The molecule has 0 aliphatic carbocycles. The molecule has 13 heteroatoms. The van der Waals surface area contributed by atoms with E-state index in [0.29, 0.717) is 43.3 Å². The summed E-state index contributed by atoms with van der Waals surface area (Å²) in [7, 11) is 0. The van der Waals surface area contributed by atoms with Gasteiger partial charge in [0.25, 0.3) is 0 Å². The summed E-state index contributed by atoms with van der Waals surface area (Å²) in [6, 6.07) is 7.22. The molecule has 4 atom stereocenters. The molecule has 1 unspecified atom stereocenters. The maximum absolute atomic E-state index is 13.5. The quantitative estimate of drug-likeness (QED) is 0.313. The smallest absolute Gasteiger partial charge is 0.246 e. The van der Waals surface area contributed by atoms with Crippen molar-refractivity contribution < 1.29 is 24.6 Å². The highest BCUT2D eigenvalue weighted by Crippen LogP contribution is 2.36. The van der Waals surface area contributed by atoms with Crippen LogP contribution in [0.4, 0.5) is 11.5 Å². The second kappa shape index (κ2) is 11.1. The summed E-state index contributed by atoms with van der Waals surface area (Å²) < 4.78 is 0. The lowest BCUT2D eigenvalue weighted by Gasteiger charge is -2.45. The number of benzene rings is 1. The van der Waals surface area contributed by atoms with E-state index in [1.807, 2.05) is 32.9 Å². The fourth-order valence-electron chi connectivity index (χ4n) is 5.87. The number of aliphatic hydroxyl groups is 1. The first-order valence-electron chi connectivity index (χ1n) is 13.9. The molecular formula is C28H38N8O5. The van der Waals surface area contributed by atoms with Crippen LogP contribution in [-0.4, -0.2) is 111 Å². The number of nitrogens with one attached hydrogen (secondary N) is 2. The zero-order valence-corrected chi connectivity index (χ0v) is 23.6. The summed E-state index contributed by atoms with van der Waals surface area (Å²) in [6.07, 6.45) is -0.743. The van der Waals surface area contributed by atoms with Crippen LogP contribution in [0.15, 0.2) is 30.3 Å². The number of amides is 3. The van der Waals surface area contributed by atoms with Crippen molar-refractivity contribution in [2.75, 3.05) is 49.5 Å². The highest BCUT2D eigenvalue weighted by molar-refractivity contribution is 5.93. The molecule has 2 aromatic rings. The van der Waals surface area contributed by atoms with Crippen molar-refractivity contribution in [3.05, 3.63) is 30.3 Å². The molecule has 0 radical (unpaired) electrons. The van der Waals surface area contributed by atoms with Crippen LogP contribution in [-0.2, 0) is 14.4 Å². The molecule has 2 fully saturated rings. The van der Waals surface area contributed by atoms with Crippen molar-refractivity contribution in [3.8, 4) is 17.0 Å². The van der Waals surface area contributed by atoms with Gasteiger partial charge in [-0.15, -0.1) is 10.2 Å². The van der Waals surface area contributed by atoms with Gasteiger partial charge in [0.15, 0.2) is 5.82 Å². The van der Waals surface area contributed by atoms with Gasteiger partial charge in [0.2, 0.25) is 17.7 Å². The van der Waals surface area contributed by atoms with E-state index in [1.54, 1.807) is 18.2 Å². The lowest BCUT2D eigenvalue weighted by Crippen LogP contribution is -2.61. The first kappa shape index (κ1) is 28.6. The number of aromatic nitrogens is 2. The van der Waals surface area contributed by atoms with E-state index < -0.39 is 35.4 Å². The number of piperazine rings is 1. The molecule has 2 saturated heterocycles. The Morgan fingerprint density at radius 2 is 1.93 bits per heavy atom. The lowest BCUT2D eigenvalue weighted by molar-refractivity contribution is -0.143. The van der Waals surface area contributed by atoms with Crippen LogP contribution in [0.25, 0.3) is 11.3 Å². The summed E-state index contributed by atoms with van der Waals surface area (Å²) in [6.45, 7) is 8.17. The van der Waals surface area contributed by atoms with Crippen molar-refractivity contribution in [2.45, 2.75) is 51.4 Å². The van der Waals surface area contributed by atoms with Crippen LogP contribution in [0.1, 0.15) is 27.2 Å². The van der Waals surface area contributed by atoms with Gasteiger partial charge in [-0.3, -0.25) is 19.3 Å². The minimum Gasteiger partial charge on any atom is -0.507 e. The number of primary amides is 1. The van der Waals surface area contributed by atoms with E-state index in [0.717, 1.165) is 5.69 Å². The number of aliphatic hydroxyl groups excluding tert-OH is 1. The molecule has 0 saturated carbocycles. The molecule has 0 bridgehead atoms. The summed E-state index contributed by atoms with van der Waals surface area (Å²) >= 11 is 0. The van der Waals surface area contributed by atoms with E-state index in [2.05, 4.69) is 30.6 Å². The summed E-state index contributed by atoms with van der Waals surface area (Å²) in [4.78, 5) is 44.2. The molecule has 220 valence electrons. The number of fused-ring (bicyclic) bond motifs is 3. The van der Waals surface area contributed by atoms with Crippen molar-refractivity contribution >= 4 is 29.2 Å². The van der Waals surface area contributed by atoms with Crippen LogP contribution < -0.4 is 21.3 Å². The Labute approximate surface area is 238 Å². The standard InChI is InChI=1S/C28H38N8O5/c1-28(2,3)24(27(41)36-14-17(37)10-20(36)25(29)40)31-23(39)15-34-8-9-35-16(13-34)12-30-26-21(35)11-19(32-33-26)18-6-4-5-7-22(18)38/h4-7,11,16-17,20,24,37-38H,8-10,12-15H2,1-3H3,(H2,29,40)(H,30,33)(H,31,39)/t16?,17-,20+,24-/m1/s1. The molecule has 3 aliphatic heterocycles. The second-order valence-electron chi connectivity index (χ2n) is 12.1. The van der Waals surface area contributed by atoms with E-state index in [-0.39, 0.29) is 37.2 Å². The maximum Gasteiger partial charge on any atom is 0.246 e. The molecule has 1 aromatic carbocycles. The molecular weight excluding hydrogens is 528 g/mol. The van der Waals surface area contributed by atoms with Gasteiger partial charge in [0.1, 0.15) is 17.8 Å². The number of aromatic hydroxyl groups is 1. The topological polar surface area (TPSA) is 177 Å². The Balaban J connectivity index is 1.24. The Hall–Kier alpha value is -3.97. The van der Waals surface area contributed by atoms with Gasteiger partial charge in [-0.25, -0.2) is 0 Å². The molecule has 1 aromatic heterocycles. The SMILES string of the molecule is CC(C)(C)[C@H](NC(=O)CN1CCN2c3cc(-c4ccccc4O)nnc3NCC2C1)C(=O)N1C[C@H](O)C[C@H]1C(N)=O. The molecule has 5 rings (SSSR count). The maximum atomic E-state index is 13.5. The number of carbonyl (C=O) groups excluding carboxylic acids is 3. The third-order valence-electron chi connectivity index (χ3n) is 8.01. The van der Waals surface area contributed by atoms with Crippen LogP contribution in [0.5, 0.6) is 5.75 Å². The zero-order chi connectivity index (χ0) is 29.5. The van der Waals surface area contributed by atoms with Crippen LogP contribution in [0.3, 0.4) is 0 Å². The van der Waals surface area contributed by atoms with Crippen molar-refractivity contribution in [1.82, 2.24) is 25.3 Å². The molecule has 3 aliphatic rings. The molecule has 0 spiro atoms. The van der Waals surface area contributed by atoms with Crippen LogP contribution in [0.2, 0.25) is 0 Å². The summed E-state index contributed by atoms with van der Waals surface area (Å²) in [5.74, 6) is -0.576. The molecule has 13 nitrogen and oxygen atoms in total. The number of nitrogens with two attached hydrogens (primary N) is 1. The molecule has 4 heterocycles. The number of hydrogen-bond donors (Lipinski definition) is 5. The van der Waals surface area contributed by atoms with Crippen molar-refractivity contribution in [1.29, 1.82) is 0 Å². The lowest BCUT2D eigenvalue weighted by atomic mass is 9.85. The number of nitrogens with zero attached hydrogens (tertiary/aromatic N) is 5. The number of hydrogen-bond acceptors (Lipinski definition) is 10. The van der Waals surface area contributed by atoms with E-state index >= 15 is 0 Å². The van der Waals surface area contributed by atoms with E-state index in [1.165, 1.54) is 4.90 Å². The number of β-amino-alcohol motifs (C(OH)–C–C–N with tert-alkyl or cyclic N) is 1. The summed E-state index contributed by atoms with van der Waals surface area (Å²) in [5, 5.41) is 35.2. The van der Waals surface area contributed by atoms with E-state index in [4.69, 9.17) is 5.73 Å². The van der Waals surface area contributed by atoms with E-state index in [9.17, 15) is 24.6 Å². The molecule has 6 N–H and O–H groups in total. The van der Waals surface area contributed by atoms with Gasteiger partial charge in [0.05, 0.1) is 30.1 Å². The fourth-order valence-corrected chi connectivity index (χ4v) is 5.87. The third-order valence-corrected chi connectivity index (χ3v) is 8.01. The summed E-state index contributed by atoms with van der Waals surface area (Å²) in [5.41, 5.74) is 6.93. The Morgan fingerprint density at radius 3 is 2.63 bits per heavy atom. The molecule has 41 heavy (non-hydrogen) atoms. The van der Waals surface area contributed by atoms with Gasteiger partial charge in [-0.05, 0) is 23.6 Å². The Bertz CT molecular complexity index is 1330. The number of anilines is 2. The first-order valence-corrected chi connectivity index (χ1v) is 13.9. The van der Waals surface area contributed by atoms with Gasteiger partial charge in [-0.1, -0.05) is 32.9 Å². The monoisotopic (exact) mass is 566 g/mol. The van der Waals surface area contributed by atoms with Gasteiger partial charge in [-0.2, -0.15) is 0 Å². The minimum absolute atomic E-state index is 0.00296. The largest absolute Gasteiger partial charge is 0.507 e. The average molecular weight is 567 g/mol. The van der Waals surface area contributed by atoms with Gasteiger partial charge < -0.3 is 36.4 Å². The number of rotatable bonds is 6. The van der Waals surface area contributed by atoms with Crippen LogP contribution in [0, 0.1) is 5.41 Å². The zero-order valence-electron chi connectivity index (χ0n) is 23.6. The number of likely N-dealkylation sites (tertiary alicyclic amines) is 1. The van der Waals surface area contributed by atoms with Gasteiger partial charge in [0, 0.05) is 44.7 Å². The molecule has 3 amide bonds. The predicted molar refractivity (Wildman–Crippen MR) is 152 cm³/mol. The fraction of sp³-hybridized carbons (Fsp3) is 0.536. The number of phenols is 1. The highest BCUT2D eigenvalue weighted by Gasteiger charge is 2.44. The van der Waals surface area contributed by atoms with Crippen LogP contribution >= 0.6 is 0 Å². The van der Waals surface area contributed by atoms with Crippen molar-refractivity contribution in [3.63, 3.8) is 0 Å². The number of para-hydroxylation sites is 1. The normalized spacial score (nSPS) is 23.3. The number of carbonyl (C=O) groups is 3. The van der Waals surface area contributed by atoms with Crippen molar-refractivity contribution in [2.24, 2.45) is 11.1 Å². The minimum atomic E-state index is -0.898. The average Bonchev–Trinajstić information content (AvgIpc) is 3.32. The van der Waals surface area contributed by atoms with Gasteiger partial charge >= 0.3 is 0 Å². The first-order chi connectivity index (χ1) is 19.4. The second-order valence-corrected chi connectivity index (χ2v) is 12.1. The highest BCUT2D eigenvalue weighted by atomic mass is 16.3. The number of phenolic OH excluding ortho intramolecular Hbond substituents is 1. The third kappa shape index (κ3) is 5.91.